The lowest BCUT2D eigenvalue weighted by molar-refractivity contribution is -0.262. The van der Waals surface area contributed by atoms with Crippen LogP contribution >= 0.6 is 0 Å². The van der Waals surface area contributed by atoms with Gasteiger partial charge in [0.15, 0.2) is 6.29 Å². The van der Waals surface area contributed by atoms with Crippen LogP contribution in [0.25, 0.3) is 0 Å². The van der Waals surface area contributed by atoms with Gasteiger partial charge in [-0.3, -0.25) is 0 Å². The third-order valence-corrected chi connectivity index (χ3v) is 2.67. The summed E-state index contributed by atoms with van der Waals surface area (Å²) in [5.41, 5.74) is 0. The van der Waals surface area contributed by atoms with Crippen molar-refractivity contribution in [2.45, 2.75) is 37.6 Å². The Bertz CT molecular complexity index is 273. The Kier molecular flexibility index (Phi) is 5.76. The number of methoxy groups -OCH3 is 1. The molecule has 1 amide bonds. The summed E-state index contributed by atoms with van der Waals surface area (Å²) in [6.07, 6.45) is -5.35. The van der Waals surface area contributed by atoms with Gasteiger partial charge >= 0.3 is 6.09 Å². The van der Waals surface area contributed by atoms with E-state index in [4.69, 9.17) is 14.6 Å². The van der Waals surface area contributed by atoms with Gasteiger partial charge < -0.3 is 34.8 Å². The molecule has 1 rings (SSSR count). The topological polar surface area (TPSA) is 117 Å². The number of aliphatic hydroxyl groups is 3. The first kappa shape index (κ1) is 15.1. The molecule has 18 heavy (non-hydrogen) atoms. The lowest BCUT2D eigenvalue weighted by Crippen LogP contribution is -2.64. The summed E-state index contributed by atoms with van der Waals surface area (Å²) in [5, 5.41) is 30.9. The van der Waals surface area contributed by atoms with Crippen molar-refractivity contribution in [3.8, 4) is 0 Å². The Morgan fingerprint density at radius 1 is 1.39 bits per heavy atom. The van der Waals surface area contributed by atoms with Gasteiger partial charge in [0, 0.05) is 7.11 Å². The standard InChI is InChI=1S/C10H19NO7/c1-3-17-10(15)11-6-8(14)7(13)5(4-12)18-9(6)16-2/h5-9,12-14H,3-4H2,1-2H3,(H,11,15)/t5-,6-,7+,8+,9-/m0/s1. The van der Waals surface area contributed by atoms with Gasteiger partial charge in [-0.15, -0.1) is 0 Å². The minimum Gasteiger partial charge on any atom is -0.450 e. The van der Waals surface area contributed by atoms with E-state index in [1.165, 1.54) is 7.11 Å². The molecule has 4 N–H and O–H groups in total. The second kappa shape index (κ2) is 6.86. The molecular formula is C10H19NO7. The number of carbonyl (C=O) groups is 1. The molecule has 0 saturated carbocycles. The fourth-order valence-corrected chi connectivity index (χ4v) is 1.75. The fourth-order valence-electron chi connectivity index (χ4n) is 1.75. The molecule has 0 unspecified atom stereocenters. The largest absolute Gasteiger partial charge is 0.450 e. The van der Waals surface area contributed by atoms with E-state index in [1.807, 2.05) is 0 Å². The quantitative estimate of drug-likeness (QED) is 0.473. The Labute approximate surface area is 104 Å². The minimum absolute atomic E-state index is 0.176. The third-order valence-electron chi connectivity index (χ3n) is 2.67. The predicted molar refractivity (Wildman–Crippen MR) is 58.7 cm³/mol. The van der Waals surface area contributed by atoms with Crippen molar-refractivity contribution in [2.24, 2.45) is 0 Å². The molecular weight excluding hydrogens is 246 g/mol. The average Bonchev–Trinajstić information content (AvgIpc) is 2.36. The Morgan fingerprint density at radius 3 is 2.56 bits per heavy atom. The van der Waals surface area contributed by atoms with E-state index in [2.05, 4.69) is 10.1 Å². The zero-order valence-electron chi connectivity index (χ0n) is 10.3. The van der Waals surface area contributed by atoms with Crippen LogP contribution in [0.2, 0.25) is 0 Å². The molecule has 106 valence electrons. The maximum absolute atomic E-state index is 11.3. The summed E-state index contributed by atoms with van der Waals surface area (Å²) in [4.78, 5) is 11.3. The summed E-state index contributed by atoms with van der Waals surface area (Å²) in [6.45, 7) is 1.34. The molecule has 0 radical (unpaired) electrons. The van der Waals surface area contributed by atoms with E-state index in [0.717, 1.165) is 0 Å². The van der Waals surface area contributed by atoms with Crippen LogP contribution in [0.3, 0.4) is 0 Å². The number of nitrogens with one attached hydrogen (secondary N) is 1. The molecule has 1 fully saturated rings. The Hall–Kier alpha value is -0.930. The van der Waals surface area contributed by atoms with Crippen LogP contribution in [-0.2, 0) is 14.2 Å². The van der Waals surface area contributed by atoms with Gasteiger partial charge in [0.05, 0.1) is 13.2 Å². The van der Waals surface area contributed by atoms with E-state index in [9.17, 15) is 15.0 Å². The number of aliphatic hydroxyl groups excluding tert-OH is 3. The second-order valence-corrected chi connectivity index (χ2v) is 3.83. The minimum atomic E-state index is -1.33. The molecule has 1 heterocycles. The molecule has 0 aromatic heterocycles. The molecule has 0 spiro atoms. The van der Waals surface area contributed by atoms with Crippen LogP contribution in [0.15, 0.2) is 0 Å². The molecule has 1 aliphatic heterocycles. The van der Waals surface area contributed by atoms with Gasteiger partial charge in [-0.25, -0.2) is 4.79 Å². The van der Waals surface area contributed by atoms with Crippen molar-refractivity contribution in [3.05, 3.63) is 0 Å². The van der Waals surface area contributed by atoms with E-state index in [1.54, 1.807) is 6.92 Å². The highest BCUT2D eigenvalue weighted by molar-refractivity contribution is 5.67. The van der Waals surface area contributed by atoms with Crippen molar-refractivity contribution in [1.29, 1.82) is 0 Å². The van der Waals surface area contributed by atoms with Gasteiger partial charge in [0.25, 0.3) is 0 Å². The monoisotopic (exact) mass is 265 g/mol. The maximum Gasteiger partial charge on any atom is 0.407 e. The number of alkyl carbamates (subject to hydrolysis) is 1. The summed E-state index contributed by atoms with van der Waals surface area (Å²) in [6, 6.07) is -0.980. The van der Waals surface area contributed by atoms with Crippen LogP contribution in [0.5, 0.6) is 0 Å². The van der Waals surface area contributed by atoms with Crippen LogP contribution < -0.4 is 5.32 Å². The average molecular weight is 265 g/mol. The number of hydrogen-bond donors (Lipinski definition) is 4. The molecule has 1 aliphatic rings. The zero-order chi connectivity index (χ0) is 13.7. The van der Waals surface area contributed by atoms with Crippen LogP contribution in [0.1, 0.15) is 6.92 Å². The van der Waals surface area contributed by atoms with Crippen LogP contribution in [0.4, 0.5) is 4.79 Å². The molecule has 1 saturated heterocycles. The molecule has 8 nitrogen and oxygen atoms in total. The van der Waals surface area contributed by atoms with Crippen molar-refractivity contribution in [3.63, 3.8) is 0 Å². The highest BCUT2D eigenvalue weighted by atomic mass is 16.7. The van der Waals surface area contributed by atoms with Gasteiger partial charge in [0.1, 0.15) is 24.4 Å². The summed E-state index contributed by atoms with van der Waals surface area (Å²) in [5.74, 6) is 0. The first-order valence-corrected chi connectivity index (χ1v) is 5.63. The van der Waals surface area contributed by atoms with Gasteiger partial charge in [0.2, 0.25) is 0 Å². The van der Waals surface area contributed by atoms with Crippen molar-refractivity contribution in [1.82, 2.24) is 5.32 Å². The van der Waals surface area contributed by atoms with Crippen LogP contribution in [0, 0.1) is 0 Å². The Balaban J connectivity index is 2.71. The molecule has 0 bridgehead atoms. The molecule has 8 heteroatoms. The third kappa shape index (κ3) is 3.30. The molecule has 5 atom stereocenters. The molecule has 0 aliphatic carbocycles. The SMILES string of the molecule is CCOC(=O)N[C@@H]1[C@@H](OC)O[C@@H](CO)[C@@H](O)[C@@H]1O. The first-order valence-electron chi connectivity index (χ1n) is 5.63. The number of rotatable bonds is 4. The normalized spacial score (nSPS) is 36.2. The van der Waals surface area contributed by atoms with Gasteiger partial charge in [-0.2, -0.15) is 0 Å². The summed E-state index contributed by atoms with van der Waals surface area (Å²) < 4.78 is 14.8. The van der Waals surface area contributed by atoms with Gasteiger partial charge in [-0.1, -0.05) is 0 Å². The highest BCUT2D eigenvalue weighted by Crippen LogP contribution is 2.21. The lowest BCUT2D eigenvalue weighted by Gasteiger charge is -2.41. The fraction of sp³-hybridized carbons (Fsp3) is 0.900. The summed E-state index contributed by atoms with van der Waals surface area (Å²) in [7, 11) is 1.32. The van der Waals surface area contributed by atoms with E-state index >= 15 is 0 Å². The highest BCUT2D eigenvalue weighted by Gasteiger charge is 2.45. The number of amides is 1. The summed E-state index contributed by atoms with van der Waals surface area (Å²) >= 11 is 0. The molecule has 0 aromatic rings. The second-order valence-electron chi connectivity index (χ2n) is 3.83. The number of carbonyl (C=O) groups excluding carboxylic acids is 1. The number of hydrogen-bond acceptors (Lipinski definition) is 7. The number of ether oxygens (including phenoxy) is 3. The van der Waals surface area contributed by atoms with Crippen molar-refractivity contribution >= 4 is 6.09 Å². The van der Waals surface area contributed by atoms with Gasteiger partial charge in [-0.05, 0) is 6.92 Å². The maximum atomic E-state index is 11.3. The zero-order valence-corrected chi connectivity index (χ0v) is 10.3. The first-order chi connectivity index (χ1) is 8.54. The van der Waals surface area contributed by atoms with E-state index in [0.29, 0.717) is 0 Å². The predicted octanol–water partition coefficient (Wildman–Crippen LogP) is -1.81. The smallest absolute Gasteiger partial charge is 0.407 e. The van der Waals surface area contributed by atoms with Crippen molar-refractivity contribution < 1.29 is 34.3 Å². The van der Waals surface area contributed by atoms with E-state index in [-0.39, 0.29) is 6.61 Å². The Morgan fingerprint density at radius 2 is 2.06 bits per heavy atom. The molecule has 0 aromatic carbocycles. The van der Waals surface area contributed by atoms with Crippen LogP contribution in [-0.4, -0.2) is 72.4 Å². The van der Waals surface area contributed by atoms with E-state index < -0.39 is 43.3 Å². The van der Waals surface area contributed by atoms with Crippen molar-refractivity contribution in [2.75, 3.05) is 20.3 Å². The lowest BCUT2D eigenvalue weighted by atomic mass is 9.97.